The predicted molar refractivity (Wildman–Crippen MR) is 81.0 cm³/mol. The molecule has 0 radical (unpaired) electrons. The predicted octanol–water partition coefficient (Wildman–Crippen LogP) is 2.95. The van der Waals surface area contributed by atoms with Crippen LogP contribution in [0.2, 0.25) is 0 Å². The van der Waals surface area contributed by atoms with Crippen molar-refractivity contribution in [2.45, 2.75) is 24.4 Å². The van der Waals surface area contributed by atoms with E-state index in [1.807, 2.05) is 46.2 Å². The number of hydrogen-bond donors (Lipinski definition) is 0. The zero-order valence-electron chi connectivity index (χ0n) is 12.0. The van der Waals surface area contributed by atoms with Gasteiger partial charge in [0, 0.05) is 0 Å². The van der Waals surface area contributed by atoms with Crippen LogP contribution in [0.15, 0.2) is 60.7 Å². The summed E-state index contributed by atoms with van der Waals surface area (Å²) in [6, 6.07) is 20.9. The van der Waals surface area contributed by atoms with Crippen LogP contribution >= 0.6 is 0 Å². The van der Waals surface area contributed by atoms with Gasteiger partial charge < -0.3 is 9.64 Å². The monoisotopic (exact) mass is 292 g/mol. The highest BCUT2D eigenvalue weighted by molar-refractivity contribution is 5.83. The SMILES string of the molecule is O=C1N2[C@@H]([C@H]2c2ccccc2)[C@@H]2OC[C@H](c3ccccc3)N12. The highest BCUT2D eigenvalue weighted by Gasteiger charge is 2.68. The van der Waals surface area contributed by atoms with Gasteiger partial charge >= 0.3 is 6.03 Å². The second kappa shape index (κ2) is 4.34. The molecule has 3 heterocycles. The van der Waals surface area contributed by atoms with Crippen molar-refractivity contribution < 1.29 is 9.53 Å². The molecular formula is C18H16N2O2. The molecule has 4 atom stereocenters. The van der Waals surface area contributed by atoms with E-state index in [9.17, 15) is 4.79 Å². The van der Waals surface area contributed by atoms with Gasteiger partial charge in [0.15, 0.2) is 6.23 Å². The molecule has 0 bridgehead atoms. The summed E-state index contributed by atoms with van der Waals surface area (Å²) >= 11 is 0. The molecular weight excluding hydrogens is 276 g/mol. The summed E-state index contributed by atoms with van der Waals surface area (Å²) in [6.07, 6.45) is -0.108. The molecule has 2 aromatic carbocycles. The summed E-state index contributed by atoms with van der Waals surface area (Å²) in [7, 11) is 0. The van der Waals surface area contributed by atoms with Crippen molar-refractivity contribution >= 4 is 6.03 Å². The largest absolute Gasteiger partial charge is 0.353 e. The van der Waals surface area contributed by atoms with E-state index in [-0.39, 0.29) is 30.4 Å². The van der Waals surface area contributed by atoms with E-state index >= 15 is 0 Å². The minimum atomic E-state index is -0.108. The van der Waals surface area contributed by atoms with Gasteiger partial charge in [0.05, 0.1) is 18.7 Å². The Balaban J connectivity index is 1.44. The van der Waals surface area contributed by atoms with Crippen molar-refractivity contribution in [1.82, 2.24) is 9.80 Å². The molecule has 5 rings (SSSR count). The van der Waals surface area contributed by atoms with Crippen LogP contribution in [0.1, 0.15) is 23.2 Å². The molecule has 4 heteroatoms. The molecule has 0 spiro atoms. The van der Waals surface area contributed by atoms with Crippen LogP contribution < -0.4 is 0 Å². The lowest BCUT2D eigenvalue weighted by Crippen LogP contribution is -2.36. The highest BCUT2D eigenvalue weighted by Crippen LogP contribution is 2.55. The standard InChI is InChI=1S/C18H16N2O2/c21-18-19-14(12-7-3-1-4-8-12)11-22-17(19)16-15(20(16)18)13-9-5-2-6-10-13/h1-10,14-17H,11H2/t14-,15-,16+,17+,20?/m1/s1. The molecule has 2 aromatic rings. The third kappa shape index (κ3) is 1.53. The number of rotatable bonds is 2. The summed E-state index contributed by atoms with van der Waals surface area (Å²) in [5, 5.41) is 0. The van der Waals surface area contributed by atoms with Crippen molar-refractivity contribution in [3.8, 4) is 0 Å². The maximum Gasteiger partial charge on any atom is 0.323 e. The Bertz CT molecular complexity index is 718. The Labute approximate surface area is 128 Å². The molecule has 2 amide bonds. The maximum absolute atomic E-state index is 12.8. The minimum absolute atomic E-state index is 0.0444. The topological polar surface area (TPSA) is 32.5 Å². The fourth-order valence-corrected chi connectivity index (χ4v) is 3.90. The molecule has 22 heavy (non-hydrogen) atoms. The van der Waals surface area contributed by atoms with Crippen molar-refractivity contribution in [3.63, 3.8) is 0 Å². The van der Waals surface area contributed by atoms with Crippen LogP contribution in [-0.2, 0) is 4.74 Å². The number of carbonyl (C=O) groups excluding carboxylic acids is 1. The molecule has 4 nitrogen and oxygen atoms in total. The Morgan fingerprint density at radius 2 is 1.50 bits per heavy atom. The zero-order chi connectivity index (χ0) is 14.7. The lowest BCUT2D eigenvalue weighted by molar-refractivity contribution is 0.0620. The number of benzene rings is 2. The molecule has 3 aliphatic rings. The van der Waals surface area contributed by atoms with Crippen molar-refractivity contribution in [2.75, 3.05) is 6.61 Å². The average molecular weight is 292 g/mol. The van der Waals surface area contributed by atoms with Gasteiger partial charge in [-0.15, -0.1) is 0 Å². The van der Waals surface area contributed by atoms with Crippen LogP contribution in [0, 0.1) is 0 Å². The first-order valence-corrected chi connectivity index (χ1v) is 7.68. The van der Waals surface area contributed by atoms with E-state index in [0.717, 1.165) is 5.56 Å². The molecule has 3 aliphatic heterocycles. The first-order chi connectivity index (χ1) is 10.9. The van der Waals surface area contributed by atoms with Crippen molar-refractivity contribution in [1.29, 1.82) is 0 Å². The third-order valence-corrected chi connectivity index (χ3v) is 4.95. The third-order valence-electron chi connectivity index (χ3n) is 4.95. The summed E-state index contributed by atoms with van der Waals surface area (Å²) in [5.41, 5.74) is 2.35. The number of hydrogen-bond acceptors (Lipinski definition) is 2. The van der Waals surface area contributed by atoms with Crippen molar-refractivity contribution in [2.24, 2.45) is 0 Å². The van der Waals surface area contributed by atoms with Gasteiger partial charge in [0.1, 0.15) is 6.04 Å². The van der Waals surface area contributed by atoms with E-state index in [4.69, 9.17) is 4.74 Å². The number of nitrogens with zero attached hydrogens (tertiary/aromatic N) is 2. The number of amides is 2. The van der Waals surface area contributed by atoms with E-state index in [1.165, 1.54) is 5.56 Å². The number of carbonyl (C=O) groups is 1. The normalized spacial score (nSPS) is 32.1. The zero-order valence-corrected chi connectivity index (χ0v) is 12.0. The fourth-order valence-electron chi connectivity index (χ4n) is 3.90. The quantitative estimate of drug-likeness (QED) is 0.797. The van der Waals surface area contributed by atoms with Crippen molar-refractivity contribution in [3.05, 3.63) is 71.8 Å². The summed E-state index contributed by atoms with van der Waals surface area (Å²) in [6.45, 7) is 0.590. The lowest BCUT2D eigenvalue weighted by atomic mass is 10.1. The summed E-state index contributed by atoms with van der Waals surface area (Å²) < 4.78 is 5.98. The van der Waals surface area contributed by atoms with Gasteiger partial charge in [-0.25, -0.2) is 4.79 Å². The lowest BCUT2D eigenvalue weighted by Gasteiger charge is -2.24. The van der Waals surface area contributed by atoms with Gasteiger partial charge in [-0.05, 0) is 11.1 Å². The number of fused-ring (bicyclic) bond motifs is 3. The van der Waals surface area contributed by atoms with Gasteiger partial charge in [0.25, 0.3) is 0 Å². The number of ether oxygens (including phenoxy) is 1. The Kier molecular flexibility index (Phi) is 2.41. The van der Waals surface area contributed by atoms with Crippen LogP contribution in [0.4, 0.5) is 4.79 Å². The van der Waals surface area contributed by atoms with Crippen LogP contribution in [0.25, 0.3) is 0 Å². The molecule has 0 N–H and O–H groups in total. The number of urea groups is 1. The van der Waals surface area contributed by atoms with Gasteiger partial charge in [0.2, 0.25) is 0 Å². The molecule has 0 aromatic heterocycles. The summed E-state index contributed by atoms with van der Waals surface area (Å²) in [4.78, 5) is 16.6. The molecule has 0 saturated carbocycles. The summed E-state index contributed by atoms with van der Waals surface area (Å²) in [5.74, 6) is 0. The first-order valence-electron chi connectivity index (χ1n) is 7.68. The van der Waals surface area contributed by atoms with Gasteiger partial charge in [-0.3, -0.25) is 4.90 Å². The van der Waals surface area contributed by atoms with E-state index in [1.54, 1.807) is 0 Å². The minimum Gasteiger partial charge on any atom is -0.353 e. The Hall–Kier alpha value is -2.33. The second-order valence-electron chi connectivity index (χ2n) is 6.09. The maximum atomic E-state index is 12.8. The second-order valence-corrected chi connectivity index (χ2v) is 6.09. The van der Waals surface area contributed by atoms with E-state index in [2.05, 4.69) is 24.3 Å². The fraction of sp³-hybridized carbons (Fsp3) is 0.278. The Morgan fingerprint density at radius 1 is 0.864 bits per heavy atom. The van der Waals surface area contributed by atoms with Crippen LogP contribution in [-0.4, -0.2) is 34.7 Å². The first kappa shape index (κ1) is 12.2. The van der Waals surface area contributed by atoms with Gasteiger partial charge in [-0.1, -0.05) is 60.7 Å². The molecule has 0 unspecified atom stereocenters. The molecule has 0 aliphatic carbocycles. The smallest absolute Gasteiger partial charge is 0.323 e. The van der Waals surface area contributed by atoms with Gasteiger partial charge in [-0.2, -0.15) is 0 Å². The van der Waals surface area contributed by atoms with Crippen LogP contribution in [0.5, 0.6) is 0 Å². The van der Waals surface area contributed by atoms with E-state index < -0.39 is 0 Å². The Morgan fingerprint density at radius 3 is 2.18 bits per heavy atom. The van der Waals surface area contributed by atoms with Crippen LogP contribution in [0.3, 0.4) is 0 Å². The van der Waals surface area contributed by atoms with E-state index in [0.29, 0.717) is 6.61 Å². The molecule has 3 fully saturated rings. The highest BCUT2D eigenvalue weighted by atomic mass is 16.5. The molecule has 110 valence electrons. The molecule has 3 saturated heterocycles. The average Bonchev–Trinajstić information content (AvgIpc) is 3.05.